The summed E-state index contributed by atoms with van der Waals surface area (Å²) in [6, 6.07) is 4.31. The largest absolute Gasteiger partial charge is 0.508 e. The summed E-state index contributed by atoms with van der Waals surface area (Å²) in [7, 11) is 0. The third-order valence-corrected chi connectivity index (χ3v) is 2.15. The number of hydrogen-bond acceptors (Lipinski definition) is 2. The highest BCUT2D eigenvalue weighted by atomic mass is 16.4. The van der Waals surface area contributed by atoms with E-state index < -0.39 is 5.97 Å². The van der Waals surface area contributed by atoms with Gasteiger partial charge in [0.25, 0.3) is 0 Å². The second kappa shape index (κ2) is 4.64. The van der Waals surface area contributed by atoms with E-state index in [1.807, 2.05) is 6.92 Å². The number of aryl methyl sites for hydroxylation is 1. The van der Waals surface area contributed by atoms with Crippen molar-refractivity contribution in [2.75, 3.05) is 0 Å². The standard InChI is InChI=1S/C12H14O3/c1-8(2)3-4-9-7-10(12(14)15)5-6-11(9)13/h5-7,13H,1,3-4H2,2H3,(H,14,15). The fourth-order valence-corrected chi connectivity index (χ4v) is 1.27. The average Bonchev–Trinajstić information content (AvgIpc) is 2.16. The van der Waals surface area contributed by atoms with E-state index in [0.717, 1.165) is 12.0 Å². The van der Waals surface area contributed by atoms with Gasteiger partial charge in [0.15, 0.2) is 0 Å². The molecule has 0 heterocycles. The van der Waals surface area contributed by atoms with Crippen molar-refractivity contribution in [2.45, 2.75) is 19.8 Å². The normalized spacial score (nSPS) is 9.93. The maximum Gasteiger partial charge on any atom is 0.335 e. The molecule has 0 aliphatic rings. The lowest BCUT2D eigenvalue weighted by Crippen LogP contribution is -1.98. The fourth-order valence-electron chi connectivity index (χ4n) is 1.27. The maximum absolute atomic E-state index is 10.7. The first-order valence-corrected chi connectivity index (χ1v) is 4.70. The summed E-state index contributed by atoms with van der Waals surface area (Å²) in [5.41, 5.74) is 1.86. The summed E-state index contributed by atoms with van der Waals surface area (Å²) in [6.07, 6.45) is 1.36. The summed E-state index contributed by atoms with van der Waals surface area (Å²) < 4.78 is 0. The summed E-state index contributed by atoms with van der Waals surface area (Å²) in [5.74, 6) is -0.840. The lowest BCUT2D eigenvalue weighted by atomic mass is 10.0. The molecule has 1 rings (SSSR count). The zero-order valence-corrected chi connectivity index (χ0v) is 8.66. The number of aromatic carboxylic acids is 1. The average molecular weight is 206 g/mol. The van der Waals surface area contributed by atoms with E-state index in [1.165, 1.54) is 18.2 Å². The van der Waals surface area contributed by atoms with Crippen molar-refractivity contribution in [3.8, 4) is 5.75 Å². The Morgan fingerprint density at radius 1 is 1.47 bits per heavy atom. The highest BCUT2D eigenvalue weighted by Gasteiger charge is 2.07. The van der Waals surface area contributed by atoms with E-state index in [9.17, 15) is 9.90 Å². The van der Waals surface area contributed by atoms with Crippen LogP contribution in [0, 0.1) is 0 Å². The van der Waals surface area contributed by atoms with Gasteiger partial charge in [0.1, 0.15) is 5.75 Å². The Kier molecular flexibility index (Phi) is 3.50. The van der Waals surface area contributed by atoms with Gasteiger partial charge in [-0.3, -0.25) is 0 Å². The number of allylic oxidation sites excluding steroid dienone is 1. The van der Waals surface area contributed by atoms with E-state index in [1.54, 1.807) is 0 Å². The number of aromatic hydroxyl groups is 1. The van der Waals surface area contributed by atoms with E-state index in [-0.39, 0.29) is 11.3 Å². The van der Waals surface area contributed by atoms with Gasteiger partial charge in [-0.25, -0.2) is 4.79 Å². The number of benzene rings is 1. The molecule has 0 aliphatic heterocycles. The van der Waals surface area contributed by atoms with Gasteiger partial charge in [-0.05, 0) is 43.5 Å². The monoisotopic (exact) mass is 206 g/mol. The zero-order valence-electron chi connectivity index (χ0n) is 8.66. The Hall–Kier alpha value is -1.77. The fraction of sp³-hybridized carbons (Fsp3) is 0.250. The Bertz CT molecular complexity index is 394. The molecule has 80 valence electrons. The van der Waals surface area contributed by atoms with Gasteiger partial charge in [0.05, 0.1) is 5.56 Å². The molecule has 0 saturated heterocycles. The maximum atomic E-state index is 10.7. The van der Waals surface area contributed by atoms with Crippen molar-refractivity contribution in [3.05, 3.63) is 41.5 Å². The number of carbonyl (C=O) groups is 1. The third-order valence-electron chi connectivity index (χ3n) is 2.15. The second-order valence-corrected chi connectivity index (χ2v) is 3.61. The van der Waals surface area contributed by atoms with Crippen LogP contribution in [0.15, 0.2) is 30.4 Å². The van der Waals surface area contributed by atoms with E-state index in [4.69, 9.17) is 5.11 Å². The molecule has 0 aliphatic carbocycles. The molecule has 3 nitrogen and oxygen atoms in total. The first-order valence-electron chi connectivity index (χ1n) is 4.70. The lowest BCUT2D eigenvalue weighted by Gasteiger charge is -2.05. The molecular formula is C12H14O3. The summed E-state index contributed by atoms with van der Waals surface area (Å²) in [5, 5.41) is 18.3. The van der Waals surface area contributed by atoms with Crippen LogP contribution in [0.3, 0.4) is 0 Å². The van der Waals surface area contributed by atoms with Crippen LogP contribution in [-0.2, 0) is 6.42 Å². The van der Waals surface area contributed by atoms with Gasteiger partial charge < -0.3 is 10.2 Å². The molecule has 15 heavy (non-hydrogen) atoms. The smallest absolute Gasteiger partial charge is 0.335 e. The quantitative estimate of drug-likeness (QED) is 0.744. The van der Waals surface area contributed by atoms with Crippen LogP contribution >= 0.6 is 0 Å². The molecule has 0 atom stereocenters. The predicted octanol–water partition coefficient (Wildman–Crippen LogP) is 2.60. The van der Waals surface area contributed by atoms with Crippen LogP contribution in [0.25, 0.3) is 0 Å². The molecule has 1 aromatic carbocycles. The third kappa shape index (κ3) is 3.13. The first-order chi connectivity index (χ1) is 7.00. The van der Waals surface area contributed by atoms with Gasteiger partial charge in [-0.1, -0.05) is 5.57 Å². The number of phenolic OH excluding ortho intramolecular Hbond substituents is 1. The van der Waals surface area contributed by atoms with Crippen molar-refractivity contribution >= 4 is 5.97 Å². The highest BCUT2D eigenvalue weighted by Crippen LogP contribution is 2.21. The van der Waals surface area contributed by atoms with Crippen LogP contribution in [-0.4, -0.2) is 16.2 Å². The molecule has 1 aromatic rings. The van der Waals surface area contributed by atoms with E-state index in [0.29, 0.717) is 12.0 Å². The second-order valence-electron chi connectivity index (χ2n) is 3.61. The predicted molar refractivity (Wildman–Crippen MR) is 58.2 cm³/mol. The molecule has 0 saturated carbocycles. The van der Waals surface area contributed by atoms with Crippen molar-refractivity contribution in [1.29, 1.82) is 0 Å². The molecule has 0 radical (unpaired) electrons. The molecule has 0 amide bonds. The van der Waals surface area contributed by atoms with Gasteiger partial charge in [-0.2, -0.15) is 0 Å². The zero-order chi connectivity index (χ0) is 11.4. The minimum Gasteiger partial charge on any atom is -0.508 e. The molecule has 0 bridgehead atoms. The van der Waals surface area contributed by atoms with Crippen molar-refractivity contribution in [1.82, 2.24) is 0 Å². The molecule has 3 heteroatoms. The van der Waals surface area contributed by atoms with Crippen LogP contribution < -0.4 is 0 Å². The summed E-state index contributed by atoms with van der Waals surface area (Å²) in [6.45, 7) is 5.66. The van der Waals surface area contributed by atoms with Crippen LogP contribution in [0.2, 0.25) is 0 Å². The molecule has 0 aromatic heterocycles. The van der Waals surface area contributed by atoms with Crippen LogP contribution in [0.1, 0.15) is 29.3 Å². The topological polar surface area (TPSA) is 57.5 Å². The molecule has 0 fully saturated rings. The van der Waals surface area contributed by atoms with E-state index in [2.05, 4.69) is 6.58 Å². The number of phenols is 1. The van der Waals surface area contributed by atoms with Crippen molar-refractivity contribution in [2.24, 2.45) is 0 Å². The van der Waals surface area contributed by atoms with Gasteiger partial charge in [0.2, 0.25) is 0 Å². The number of carboxylic acids is 1. The van der Waals surface area contributed by atoms with Gasteiger partial charge in [-0.15, -0.1) is 6.58 Å². The minimum absolute atomic E-state index is 0.140. The van der Waals surface area contributed by atoms with Gasteiger partial charge in [0, 0.05) is 0 Å². The molecule has 0 unspecified atom stereocenters. The van der Waals surface area contributed by atoms with Gasteiger partial charge >= 0.3 is 5.97 Å². The molecule has 2 N–H and O–H groups in total. The van der Waals surface area contributed by atoms with Crippen molar-refractivity contribution in [3.63, 3.8) is 0 Å². The highest BCUT2D eigenvalue weighted by molar-refractivity contribution is 5.88. The minimum atomic E-state index is -0.980. The Morgan fingerprint density at radius 2 is 2.13 bits per heavy atom. The Labute approximate surface area is 88.7 Å². The van der Waals surface area contributed by atoms with Crippen LogP contribution in [0.5, 0.6) is 5.75 Å². The SMILES string of the molecule is C=C(C)CCc1cc(C(=O)O)ccc1O. The first kappa shape index (κ1) is 11.3. The molecular weight excluding hydrogens is 192 g/mol. The number of hydrogen-bond donors (Lipinski definition) is 2. The lowest BCUT2D eigenvalue weighted by molar-refractivity contribution is 0.0697. The van der Waals surface area contributed by atoms with Crippen molar-refractivity contribution < 1.29 is 15.0 Å². The number of carboxylic acid groups (broad SMARTS) is 1. The Balaban J connectivity index is 2.90. The molecule has 0 spiro atoms. The van der Waals surface area contributed by atoms with E-state index >= 15 is 0 Å². The van der Waals surface area contributed by atoms with Crippen LogP contribution in [0.4, 0.5) is 0 Å². The summed E-state index contributed by atoms with van der Waals surface area (Å²) in [4.78, 5) is 10.7. The number of rotatable bonds is 4. The Morgan fingerprint density at radius 3 is 2.67 bits per heavy atom. The summed E-state index contributed by atoms with van der Waals surface area (Å²) >= 11 is 0.